The zero-order valence-electron chi connectivity index (χ0n) is 19.3. The molecule has 0 bridgehead atoms. The number of H-pyrrole nitrogens is 1. The van der Waals surface area contributed by atoms with Crippen molar-refractivity contribution in [2.24, 2.45) is 0 Å². The van der Waals surface area contributed by atoms with Gasteiger partial charge < -0.3 is 14.8 Å². The van der Waals surface area contributed by atoms with E-state index >= 15 is 0 Å². The van der Waals surface area contributed by atoms with Gasteiger partial charge in [-0.05, 0) is 41.0 Å². The molecule has 35 heavy (non-hydrogen) atoms. The van der Waals surface area contributed by atoms with Gasteiger partial charge in [0.2, 0.25) is 5.43 Å². The third kappa shape index (κ3) is 4.81. The van der Waals surface area contributed by atoms with Gasteiger partial charge in [0.1, 0.15) is 12.1 Å². The van der Waals surface area contributed by atoms with Crippen molar-refractivity contribution in [1.82, 2.24) is 15.0 Å². The van der Waals surface area contributed by atoms with Crippen LogP contribution in [0.15, 0.2) is 59.4 Å². The number of hydrogen-bond donors (Lipinski definition) is 2. The molecular weight excluding hydrogens is 479 g/mol. The highest BCUT2D eigenvalue weighted by Crippen LogP contribution is 2.45. The fourth-order valence-electron chi connectivity index (χ4n) is 4.38. The van der Waals surface area contributed by atoms with E-state index in [1.807, 2.05) is 0 Å². The Morgan fingerprint density at radius 1 is 1.11 bits per heavy atom. The molecule has 1 unspecified atom stereocenters. The number of ether oxygens (including phenoxy) is 1. The number of aromatic nitrogens is 3. The van der Waals surface area contributed by atoms with Crippen LogP contribution in [0.25, 0.3) is 21.3 Å². The predicted octanol–water partition coefficient (Wildman–Crippen LogP) is 5.26. The summed E-state index contributed by atoms with van der Waals surface area (Å²) in [5, 5.41) is 12.7. The van der Waals surface area contributed by atoms with Gasteiger partial charge in [0, 0.05) is 41.7 Å². The maximum atomic E-state index is 14.3. The number of alkyl halides is 3. The summed E-state index contributed by atoms with van der Waals surface area (Å²) >= 11 is 1.14. The first kappa shape index (κ1) is 24.9. The number of hydrogen-bond acceptors (Lipinski definition) is 6. The van der Waals surface area contributed by atoms with Crippen LogP contribution in [0.5, 0.6) is 5.75 Å². The van der Waals surface area contributed by atoms with Crippen LogP contribution in [0, 0.1) is 0 Å². The molecule has 1 atom stereocenters. The molecular formula is C25H24F3N3O3S. The number of benzene rings is 1. The van der Waals surface area contributed by atoms with Crippen LogP contribution in [-0.2, 0) is 11.8 Å². The van der Waals surface area contributed by atoms with Gasteiger partial charge in [0.25, 0.3) is 0 Å². The highest BCUT2D eigenvalue weighted by atomic mass is 32.1. The van der Waals surface area contributed by atoms with E-state index < -0.39 is 35.5 Å². The summed E-state index contributed by atoms with van der Waals surface area (Å²) in [6, 6.07) is 6.84. The number of nitrogens with zero attached hydrogens (tertiary/aromatic N) is 2. The fraction of sp³-hybridized carbons (Fsp3) is 0.320. The molecule has 6 nitrogen and oxygen atoms in total. The third-order valence-electron chi connectivity index (χ3n) is 6.13. The Labute approximate surface area is 203 Å². The van der Waals surface area contributed by atoms with E-state index in [9.17, 15) is 23.1 Å². The number of aromatic amines is 1. The Balaban J connectivity index is 1.75. The molecule has 1 aromatic carbocycles. The molecule has 0 fully saturated rings. The standard InChI is InChI=1S/C25H24F3N3O3S/c1-23(2,18-8-15(4-5-20(18)34-3)17-10-29-14-30-11-17)13-24(33,25(26,27)28)9-16-12-31-19-6-7-35-22(19)21(16)32/h4-8,10-12,14,33H,9,13H2,1-3H3,(H,31,32). The molecule has 0 spiro atoms. The van der Waals surface area contributed by atoms with Gasteiger partial charge in [-0.15, -0.1) is 11.3 Å². The zero-order chi connectivity index (χ0) is 25.4. The second-order valence-corrected chi connectivity index (χ2v) is 10.0. The Morgan fingerprint density at radius 3 is 2.49 bits per heavy atom. The predicted molar refractivity (Wildman–Crippen MR) is 129 cm³/mol. The molecule has 0 aliphatic rings. The van der Waals surface area contributed by atoms with Crippen LogP contribution in [0.1, 0.15) is 31.4 Å². The second-order valence-electron chi connectivity index (χ2n) is 9.12. The normalized spacial score (nSPS) is 14.1. The SMILES string of the molecule is COc1ccc(-c2cncnc2)cc1C(C)(C)CC(O)(Cc1c[nH]c2ccsc2c1=O)C(F)(F)F. The van der Waals surface area contributed by atoms with E-state index in [2.05, 4.69) is 15.0 Å². The lowest BCUT2D eigenvalue weighted by atomic mass is 9.72. The van der Waals surface area contributed by atoms with Crippen molar-refractivity contribution in [2.75, 3.05) is 7.11 Å². The lowest BCUT2D eigenvalue weighted by Crippen LogP contribution is -2.51. The largest absolute Gasteiger partial charge is 0.496 e. The molecule has 0 amide bonds. The van der Waals surface area contributed by atoms with Gasteiger partial charge in [-0.3, -0.25) is 4.79 Å². The third-order valence-corrected chi connectivity index (χ3v) is 7.05. The summed E-state index contributed by atoms with van der Waals surface area (Å²) in [5.74, 6) is 0.387. The van der Waals surface area contributed by atoms with Gasteiger partial charge in [-0.1, -0.05) is 19.9 Å². The number of methoxy groups -OCH3 is 1. The van der Waals surface area contributed by atoms with Gasteiger partial charge >= 0.3 is 6.18 Å². The summed E-state index contributed by atoms with van der Waals surface area (Å²) in [7, 11) is 1.44. The quantitative estimate of drug-likeness (QED) is 0.359. The molecule has 10 heteroatoms. The minimum Gasteiger partial charge on any atom is -0.496 e. The van der Waals surface area contributed by atoms with Gasteiger partial charge in [0.15, 0.2) is 5.60 Å². The summed E-state index contributed by atoms with van der Waals surface area (Å²) in [6.45, 7) is 3.22. The number of nitrogens with one attached hydrogen (secondary N) is 1. The Kier molecular flexibility index (Phi) is 6.46. The summed E-state index contributed by atoms with van der Waals surface area (Å²) in [5.41, 5.74) is -2.58. The maximum Gasteiger partial charge on any atom is 0.417 e. The van der Waals surface area contributed by atoms with E-state index in [0.717, 1.165) is 11.3 Å². The summed E-state index contributed by atoms with van der Waals surface area (Å²) < 4.78 is 48.8. The smallest absolute Gasteiger partial charge is 0.417 e. The first-order valence-corrected chi connectivity index (χ1v) is 11.6. The van der Waals surface area contributed by atoms with Crippen molar-refractivity contribution in [3.63, 3.8) is 0 Å². The molecule has 0 saturated heterocycles. The van der Waals surface area contributed by atoms with Crippen LogP contribution in [-0.4, -0.2) is 38.9 Å². The Bertz CT molecular complexity index is 1400. The highest BCUT2D eigenvalue weighted by molar-refractivity contribution is 7.17. The van der Waals surface area contributed by atoms with Crippen molar-refractivity contribution in [3.8, 4) is 16.9 Å². The highest BCUT2D eigenvalue weighted by Gasteiger charge is 2.56. The molecule has 184 valence electrons. The van der Waals surface area contributed by atoms with Crippen molar-refractivity contribution in [1.29, 1.82) is 0 Å². The lowest BCUT2D eigenvalue weighted by Gasteiger charge is -2.38. The van der Waals surface area contributed by atoms with Crippen LogP contribution in [0.2, 0.25) is 0 Å². The van der Waals surface area contributed by atoms with Crippen LogP contribution < -0.4 is 10.2 Å². The minimum absolute atomic E-state index is 0.127. The van der Waals surface area contributed by atoms with E-state index in [1.54, 1.807) is 55.9 Å². The van der Waals surface area contributed by atoms with Crippen LogP contribution >= 0.6 is 11.3 Å². The zero-order valence-corrected chi connectivity index (χ0v) is 20.1. The number of thiophene rings is 1. The first-order chi connectivity index (χ1) is 16.4. The number of pyridine rings is 1. The second kappa shape index (κ2) is 9.09. The Morgan fingerprint density at radius 2 is 1.83 bits per heavy atom. The minimum atomic E-state index is -4.99. The van der Waals surface area contributed by atoms with Crippen LogP contribution in [0.4, 0.5) is 13.2 Å². The lowest BCUT2D eigenvalue weighted by molar-refractivity contribution is -0.266. The maximum absolute atomic E-state index is 14.3. The Hall–Kier alpha value is -3.24. The van der Waals surface area contributed by atoms with E-state index in [1.165, 1.54) is 19.6 Å². The first-order valence-electron chi connectivity index (χ1n) is 10.8. The van der Waals surface area contributed by atoms with Crippen molar-refractivity contribution in [3.05, 3.63) is 75.9 Å². The fourth-order valence-corrected chi connectivity index (χ4v) is 5.21. The number of aliphatic hydroxyl groups is 1. The molecule has 3 heterocycles. The summed E-state index contributed by atoms with van der Waals surface area (Å²) in [4.78, 5) is 23.7. The van der Waals surface area contributed by atoms with E-state index in [0.29, 0.717) is 32.7 Å². The van der Waals surface area contributed by atoms with Crippen molar-refractivity contribution >= 4 is 21.6 Å². The average Bonchev–Trinajstić information content (AvgIpc) is 3.30. The average molecular weight is 504 g/mol. The molecule has 0 saturated carbocycles. The monoisotopic (exact) mass is 503 g/mol. The topological polar surface area (TPSA) is 88.1 Å². The number of fused-ring (bicyclic) bond motifs is 1. The van der Waals surface area contributed by atoms with E-state index in [4.69, 9.17) is 4.74 Å². The van der Waals surface area contributed by atoms with Crippen LogP contribution in [0.3, 0.4) is 0 Å². The van der Waals surface area contributed by atoms with Crippen molar-refractivity contribution in [2.45, 2.75) is 43.9 Å². The number of rotatable bonds is 7. The molecule has 2 N–H and O–H groups in total. The molecule has 4 aromatic rings. The van der Waals surface area contributed by atoms with E-state index in [-0.39, 0.29) is 5.56 Å². The summed E-state index contributed by atoms with van der Waals surface area (Å²) in [6.07, 6.45) is -0.725. The van der Waals surface area contributed by atoms with Gasteiger partial charge in [0.05, 0.1) is 17.3 Å². The van der Waals surface area contributed by atoms with Crippen molar-refractivity contribution < 1.29 is 23.0 Å². The molecule has 0 radical (unpaired) electrons. The van der Waals surface area contributed by atoms with Gasteiger partial charge in [-0.25, -0.2) is 9.97 Å². The molecule has 0 aliphatic carbocycles. The number of halogens is 3. The molecule has 0 aliphatic heterocycles. The molecule has 3 aromatic heterocycles. The molecule has 4 rings (SSSR count). The van der Waals surface area contributed by atoms with Gasteiger partial charge in [-0.2, -0.15) is 13.2 Å².